The van der Waals surface area contributed by atoms with Crippen molar-refractivity contribution < 1.29 is 9.53 Å². The van der Waals surface area contributed by atoms with Gasteiger partial charge in [0.25, 0.3) is 0 Å². The molecule has 0 aromatic heterocycles. The van der Waals surface area contributed by atoms with Gasteiger partial charge in [-0.2, -0.15) is 4.99 Å². The zero-order valence-corrected chi connectivity index (χ0v) is 11.7. The molecule has 0 N–H and O–H groups in total. The van der Waals surface area contributed by atoms with Crippen molar-refractivity contribution in [2.75, 3.05) is 7.11 Å². The highest BCUT2D eigenvalue weighted by atomic mass is 79.9. The first kappa shape index (κ1) is 12.3. The van der Waals surface area contributed by atoms with E-state index in [0.29, 0.717) is 0 Å². The van der Waals surface area contributed by atoms with Crippen LogP contribution in [0.25, 0.3) is 0 Å². The smallest absolute Gasteiger partial charge is 0.235 e. The van der Waals surface area contributed by atoms with Crippen LogP contribution in [0.4, 0.5) is 0 Å². The molecule has 0 amide bonds. The number of benzene rings is 1. The van der Waals surface area contributed by atoms with E-state index in [0.717, 1.165) is 34.2 Å². The molecule has 1 fully saturated rings. The van der Waals surface area contributed by atoms with E-state index in [4.69, 9.17) is 4.74 Å². The van der Waals surface area contributed by atoms with Crippen LogP contribution >= 0.6 is 15.9 Å². The molecule has 1 aromatic rings. The van der Waals surface area contributed by atoms with Crippen molar-refractivity contribution >= 4 is 22.0 Å². The van der Waals surface area contributed by atoms with Crippen molar-refractivity contribution in [3.8, 4) is 5.75 Å². The fourth-order valence-corrected chi connectivity index (χ4v) is 2.94. The van der Waals surface area contributed by atoms with Gasteiger partial charge in [-0.3, -0.25) is 0 Å². The maximum atomic E-state index is 10.6. The first-order chi connectivity index (χ1) is 8.05. The summed E-state index contributed by atoms with van der Waals surface area (Å²) in [6, 6.07) is 2.03. The number of aryl methyl sites for hydroxylation is 1. The average molecular weight is 296 g/mol. The Morgan fingerprint density at radius 3 is 2.59 bits per heavy atom. The molecule has 4 heteroatoms. The highest BCUT2D eigenvalue weighted by Crippen LogP contribution is 2.55. The van der Waals surface area contributed by atoms with Gasteiger partial charge in [-0.05, 0) is 59.8 Å². The molecular weight excluding hydrogens is 282 g/mol. The van der Waals surface area contributed by atoms with Crippen LogP contribution in [0.2, 0.25) is 0 Å². The third-order valence-corrected chi connectivity index (χ3v) is 4.00. The Morgan fingerprint density at radius 2 is 2.12 bits per heavy atom. The molecule has 1 saturated carbocycles. The minimum Gasteiger partial charge on any atom is -0.495 e. The van der Waals surface area contributed by atoms with Crippen LogP contribution in [-0.4, -0.2) is 13.2 Å². The summed E-state index contributed by atoms with van der Waals surface area (Å²) in [6.07, 6.45) is 3.46. The molecule has 90 valence electrons. The van der Waals surface area contributed by atoms with Gasteiger partial charge in [-0.1, -0.05) is 0 Å². The number of rotatable bonds is 3. The highest BCUT2D eigenvalue weighted by molar-refractivity contribution is 9.10. The Balaban J connectivity index is 2.71. The van der Waals surface area contributed by atoms with Crippen molar-refractivity contribution in [2.24, 2.45) is 4.99 Å². The van der Waals surface area contributed by atoms with Crippen LogP contribution in [0.3, 0.4) is 0 Å². The molecule has 0 bridgehead atoms. The van der Waals surface area contributed by atoms with E-state index in [-0.39, 0.29) is 0 Å². The molecule has 0 atom stereocenters. The van der Waals surface area contributed by atoms with Gasteiger partial charge in [-0.15, -0.1) is 0 Å². The van der Waals surface area contributed by atoms with Gasteiger partial charge in [0, 0.05) is 5.56 Å². The Bertz CT molecular complexity index is 515. The number of ether oxygens (including phenoxy) is 1. The topological polar surface area (TPSA) is 38.7 Å². The average Bonchev–Trinajstić information content (AvgIpc) is 3.04. The van der Waals surface area contributed by atoms with Crippen LogP contribution in [-0.2, 0) is 10.3 Å². The maximum Gasteiger partial charge on any atom is 0.235 e. The molecule has 0 heterocycles. The van der Waals surface area contributed by atoms with Gasteiger partial charge in [-0.25, -0.2) is 4.79 Å². The van der Waals surface area contributed by atoms with Crippen LogP contribution in [0.5, 0.6) is 5.75 Å². The van der Waals surface area contributed by atoms with E-state index in [2.05, 4.69) is 20.9 Å². The summed E-state index contributed by atoms with van der Waals surface area (Å²) in [5.74, 6) is 0.782. The number of nitrogens with zero attached hydrogens (tertiary/aromatic N) is 1. The van der Waals surface area contributed by atoms with Crippen LogP contribution in [0, 0.1) is 13.8 Å². The van der Waals surface area contributed by atoms with Crippen LogP contribution < -0.4 is 4.74 Å². The summed E-state index contributed by atoms with van der Waals surface area (Å²) in [4.78, 5) is 14.6. The van der Waals surface area contributed by atoms with E-state index in [1.165, 1.54) is 5.56 Å². The van der Waals surface area contributed by atoms with E-state index < -0.39 is 5.54 Å². The van der Waals surface area contributed by atoms with Gasteiger partial charge < -0.3 is 4.74 Å². The standard InChI is InChI=1S/C13H14BrNO2/c1-8-6-10(14)12(17-3)11(9(8)2)13(4-5-13)15-7-16/h6H,4-5H2,1-3H3. The van der Waals surface area contributed by atoms with Crippen molar-refractivity contribution in [1.82, 2.24) is 0 Å². The zero-order valence-electron chi connectivity index (χ0n) is 10.1. The maximum absolute atomic E-state index is 10.6. The van der Waals surface area contributed by atoms with E-state index in [1.54, 1.807) is 13.2 Å². The fraction of sp³-hybridized carbons (Fsp3) is 0.462. The molecule has 1 aliphatic rings. The molecule has 0 saturated heterocycles. The third-order valence-electron chi connectivity index (χ3n) is 3.41. The molecule has 3 nitrogen and oxygen atoms in total. The Labute approximate surface area is 109 Å². The highest BCUT2D eigenvalue weighted by Gasteiger charge is 2.48. The Morgan fingerprint density at radius 1 is 1.47 bits per heavy atom. The molecule has 17 heavy (non-hydrogen) atoms. The number of isocyanates is 1. The van der Waals surface area contributed by atoms with Gasteiger partial charge in [0.05, 0.1) is 11.6 Å². The van der Waals surface area contributed by atoms with E-state index >= 15 is 0 Å². The van der Waals surface area contributed by atoms with E-state index in [1.807, 2.05) is 19.9 Å². The quantitative estimate of drug-likeness (QED) is 0.633. The van der Waals surface area contributed by atoms with Gasteiger partial charge in [0.1, 0.15) is 11.3 Å². The fourth-order valence-electron chi connectivity index (χ4n) is 2.23. The second kappa shape index (κ2) is 4.28. The summed E-state index contributed by atoms with van der Waals surface area (Å²) in [6.45, 7) is 4.09. The zero-order chi connectivity index (χ0) is 12.6. The lowest BCUT2D eigenvalue weighted by Crippen LogP contribution is -2.09. The molecule has 0 spiro atoms. The minimum atomic E-state index is -0.397. The molecular formula is C13H14BrNO2. The normalized spacial score (nSPS) is 16.2. The number of methoxy groups -OCH3 is 1. The SMILES string of the molecule is COc1c(Br)cc(C)c(C)c1C1(N=C=O)CC1. The molecule has 0 radical (unpaired) electrons. The minimum absolute atomic E-state index is 0.397. The monoisotopic (exact) mass is 295 g/mol. The lowest BCUT2D eigenvalue weighted by Gasteiger charge is -2.19. The Kier molecular flexibility index (Phi) is 3.11. The van der Waals surface area contributed by atoms with Gasteiger partial charge >= 0.3 is 0 Å². The number of hydrogen-bond acceptors (Lipinski definition) is 3. The van der Waals surface area contributed by atoms with Crippen molar-refractivity contribution in [1.29, 1.82) is 0 Å². The van der Waals surface area contributed by atoms with Crippen molar-refractivity contribution in [3.05, 3.63) is 27.2 Å². The molecule has 1 aliphatic carbocycles. The second-order valence-electron chi connectivity index (χ2n) is 4.44. The number of halogens is 1. The molecule has 0 aliphatic heterocycles. The lowest BCUT2D eigenvalue weighted by atomic mass is 9.95. The molecule has 0 unspecified atom stereocenters. The van der Waals surface area contributed by atoms with Crippen LogP contribution in [0.1, 0.15) is 29.5 Å². The third kappa shape index (κ3) is 1.92. The summed E-state index contributed by atoms with van der Waals surface area (Å²) in [5, 5.41) is 0. The summed E-state index contributed by atoms with van der Waals surface area (Å²) in [5.41, 5.74) is 2.93. The second-order valence-corrected chi connectivity index (χ2v) is 5.30. The molecule has 2 rings (SSSR count). The number of hydrogen-bond donors (Lipinski definition) is 0. The van der Waals surface area contributed by atoms with Gasteiger partial charge in [0.2, 0.25) is 6.08 Å². The number of carbonyl (C=O) groups excluding carboxylic acids is 1. The number of aliphatic imine (C=N–C) groups is 1. The van der Waals surface area contributed by atoms with Crippen molar-refractivity contribution in [2.45, 2.75) is 32.2 Å². The van der Waals surface area contributed by atoms with Gasteiger partial charge in [0.15, 0.2) is 0 Å². The Hall–Kier alpha value is -1.12. The van der Waals surface area contributed by atoms with Crippen molar-refractivity contribution in [3.63, 3.8) is 0 Å². The first-order valence-corrected chi connectivity index (χ1v) is 6.28. The first-order valence-electron chi connectivity index (χ1n) is 5.49. The predicted octanol–water partition coefficient (Wildman–Crippen LogP) is 3.40. The predicted molar refractivity (Wildman–Crippen MR) is 69.2 cm³/mol. The van der Waals surface area contributed by atoms with Crippen LogP contribution in [0.15, 0.2) is 15.5 Å². The summed E-state index contributed by atoms with van der Waals surface area (Å²) in [7, 11) is 1.64. The lowest BCUT2D eigenvalue weighted by molar-refractivity contribution is 0.401. The van der Waals surface area contributed by atoms with E-state index in [9.17, 15) is 4.79 Å². The summed E-state index contributed by atoms with van der Waals surface area (Å²) < 4.78 is 6.36. The molecule has 1 aromatic carbocycles. The largest absolute Gasteiger partial charge is 0.495 e. The summed E-state index contributed by atoms with van der Waals surface area (Å²) >= 11 is 3.50.